The molecule has 4 aromatic rings. The van der Waals surface area contributed by atoms with Crippen molar-refractivity contribution in [2.75, 3.05) is 0 Å². The Balaban J connectivity index is 1.62. The number of rotatable bonds is 5. The van der Waals surface area contributed by atoms with Crippen LogP contribution in [-0.2, 0) is 0 Å². The first-order valence-corrected chi connectivity index (χ1v) is 9.54. The van der Waals surface area contributed by atoms with Gasteiger partial charge in [-0.25, -0.2) is 0 Å². The van der Waals surface area contributed by atoms with Gasteiger partial charge in [0.2, 0.25) is 0 Å². The van der Waals surface area contributed by atoms with Gasteiger partial charge in [-0.15, -0.1) is 0 Å². The highest BCUT2D eigenvalue weighted by atomic mass is 16.3. The third-order valence-electron chi connectivity index (χ3n) is 4.62. The van der Waals surface area contributed by atoms with Crippen LogP contribution < -0.4 is 0 Å². The average molecular weight is 392 g/mol. The lowest BCUT2D eigenvalue weighted by atomic mass is 10.0. The molecule has 0 aliphatic heterocycles. The Hall–Kier alpha value is -4.18. The molecule has 30 heavy (non-hydrogen) atoms. The van der Waals surface area contributed by atoms with Crippen molar-refractivity contribution in [3.63, 3.8) is 0 Å². The van der Waals surface area contributed by atoms with E-state index in [-0.39, 0.29) is 11.5 Å². The molecule has 0 amide bonds. The van der Waals surface area contributed by atoms with Crippen LogP contribution in [0.25, 0.3) is 11.1 Å². The van der Waals surface area contributed by atoms with Crippen LogP contribution in [0.1, 0.15) is 11.1 Å². The lowest BCUT2D eigenvalue weighted by Gasteiger charge is -2.08. The normalized spacial score (nSPS) is 11.3. The van der Waals surface area contributed by atoms with Crippen molar-refractivity contribution in [1.82, 2.24) is 0 Å². The average Bonchev–Trinajstić information content (AvgIpc) is 2.79. The summed E-state index contributed by atoms with van der Waals surface area (Å²) < 4.78 is 0. The molecule has 0 aromatic heterocycles. The second-order valence-corrected chi connectivity index (χ2v) is 6.70. The molecular formula is C26H20N2O2. The highest BCUT2D eigenvalue weighted by molar-refractivity contribution is 5.90. The third kappa shape index (κ3) is 4.45. The summed E-state index contributed by atoms with van der Waals surface area (Å²) in [6, 6.07) is 29.8. The fourth-order valence-electron chi connectivity index (χ4n) is 3.05. The van der Waals surface area contributed by atoms with E-state index in [9.17, 15) is 10.2 Å². The lowest BCUT2D eigenvalue weighted by molar-refractivity contribution is 0.474. The summed E-state index contributed by atoms with van der Waals surface area (Å²) >= 11 is 0. The van der Waals surface area contributed by atoms with Gasteiger partial charge < -0.3 is 10.2 Å². The van der Waals surface area contributed by atoms with Crippen molar-refractivity contribution in [2.45, 2.75) is 0 Å². The number of nitrogens with zero attached hydrogens (tertiary/aromatic N) is 2. The van der Waals surface area contributed by atoms with E-state index in [1.165, 1.54) is 0 Å². The van der Waals surface area contributed by atoms with Gasteiger partial charge in [-0.1, -0.05) is 54.6 Å². The van der Waals surface area contributed by atoms with Crippen molar-refractivity contribution in [3.05, 3.63) is 108 Å². The molecule has 4 aromatic carbocycles. The summed E-state index contributed by atoms with van der Waals surface area (Å²) in [5, 5.41) is 20.7. The van der Waals surface area contributed by atoms with Crippen LogP contribution in [0.15, 0.2) is 107 Å². The van der Waals surface area contributed by atoms with E-state index >= 15 is 0 Å². The van der Waals surface area contributed by atoms with E-state index < -0.39 is 0 Å². The van der Waals surface area contributed by atoms with Gasteiger partial charge in [0.1, 0.15) is 11.5 Å². The SMILES string of the molecule is Oc1ccccc1C=Nc1cccc(-c2cccc(C=Nc3ccccc3)c2O)c1. The highest BCUT2D eigenvalue weighted by Gasteiger charge is 2.08. The molecule has 146 valence electrons. The minimum atomic E-state index is 0.166. The van der Waals surface area contributed by atoms with E-state index in [0.29, 0.717) is 16.7 Å². The van der Waals surface area contributed by atoms with Crippen molar-refractivity contribution < 1.29 is 10.2 Å². The van der Waals surface area contributed by atoms with Crippen LogP contribution in [0.5, 0.6) is 11.5 Å². The smallest absolute Gasteiger partial charge is 0.132 e. The fourth-order valence-corrected chi connectivity index (χ4v) is 3.05. The molecule has 0 spiro atoms. The number of aromatic hydroxyl groups is 2. The summed E-state index contributed by atoms with van der Waals surface area (Å²) in [4.78, 5) is 8.89. The molecule has 2 N–H and O–H groups in total. The van der Waals surface area contributed by atoms with E-state index in [2.05, 4.69) is 9.98 Å². The molecule has 4 heteroatoms. The molecule has 0 unspecified atom stereocenters. The predicted octanol–water partition coefficient (Wildman–Crippen LogP) is 6.27. The molecule has 4 nitrogen and oxygen atoms in total. The first kappa shape index (κ1) is 19.2. The summed E-state index contributed by atoms with van der Waals surface area (Å²) in [6.07, 6.45) is 3.28. The first-order valence-electron chi connectivity index (χ1n) is 9.54. The Morgan fingerprint density at radius 3 is 2.03 bits per heavy atom. The molecule has 0 bridgehead atoms. The van der Waals surface area contributed by atoms with E-state index in [4.69, 9.17) is 0 Å². The minimum Gasteiger partial charge on any atom is -0.507 e. The zero-order chi connectivity index (χ0) is 20.8. The Morgan fingerprint density at radius 1 is 0.567 bits per heavy atom. The largest absolute Gasteiger partial charge is 0.507 e. The number of phenolic OH excluding ortho intramolecular Hbond substituents is 2. The second kappa shape index (κ2) is 8.88. The zero-order valence-electron chi connectivity index (χ0n) is 16.2. The van der Waals surface area contributed by atoms with E-state index in [0.717, 1.165) is 16.9 Å². The topological polar surface area (TPSA) is 65.2 Å². The van der Waals surface area contributed by atoms with E-state index in [1.807, 2.05) is 78.9 Å². The molecule has 0 heterocycles. The number of para-hydroxylation sites is 3. The van der Waals surface area contributed by atoms with Gasteiger partial charge in [0.25, 0.3) is 0 Å². The maximum absolute atomic E-state index is 10.8. The van der Waals surface area contributed by atoms with Crippen LogP contribution in [0.4, 0.5) is 11.4 Å². The monoisotopic (exact) mass is 392 g/mol. The standard InChI is InChI=1S/C26H20N2O2/c29-25-15-5-4-8-20(25)17-28-23-13-6-9-19(16-23)24-14-7-10-21(26(24)30)18-27-22-11-2-1-3-12-22/h1-18,29-30H. The molecule has 0 saturated heterocycles. The van der Waals surface area contributed by atoms with Crippen LogP contribution >= 0.6 is 0 Å². The van der Waals surface area contributed by atoms with Gasteiger partial charge in [-0.05, 0) is 48.0 Å². The van der Waals surface area contributed by atoms with Gasteiger partial charge in [0.15, 0.2) is 0 Å². The minimum absolute atomic E-state index is 0.166. The maximum atomic E-state index is 10.8. The van der Waals surface area contributed by atoms with Gasteiger partial charge in [-0.2, -0.15) is 0 Å². The van der Waals surface area contributed by atoms with Crippen LogP contribution in [0.2, 0.25) is 0 Å². The number of phenols is 2. The number of aliphatic imine (C=N–C) groups is 2. The van der Waals surface area contributed by atoms with Gasteiger partial charge in [-0.3, -0.25) is 9.98 Å². The van der Waals surface area contributed by atoms with Crippen LogP contribution in [0.3, 0.4) is 0 Å². The third-order valence-corrected chi connectivity index (χ3v) is 4.62. The molecule has 0 radical (unpaired) electrons. The first-order chi connectivity index (χ1) is 14.7. The number of benzene rings is 4. The Kier molecular flexibility index (Phi) is 5.67. The molecule has 0 atom stereocenters. The van der Waals surface area contributed by atoms with Crippen LogP contribution in [0, 0.1) is 0 Å². The van der Waals surface area contributed by atoms with Gasteiger partial charge >= 0.3 is 0 Å². The summed E-state index contributed by atoms with van der Waals surface area (Å²) in [6.45, 7) is 0. The summed E-state index contributed by atoms with van der Waals surface area (Å²) in [5.41, 5.74) is 4.37. The molecule has 4 rings (SSSR count). The summed E-state index contributed by atoms with van der Waals surface area (Å²) in [5.74, 6) is 0.347. The number of hydrogen-bond acceptors (Lipinski definition) is 4. The van der Waals surface area contributed by atoms with Crippen molar-refractivity contribution in [2.24, 2.45) is 9.98 Å². The Morgan fingerprint density at radius 2 is 1.20 bits per heavy atom. The zero-order valence-corrected chi connectivity index (χ0v) is 16.2. The van der Waals surface area contributed by atoms with Crippen LogP contribution in [-0.4, -0.2) is 22.6 Å². The second-order valence-electron chi connectivity index (χ2n) is 6.70. The van der Waals surface area contributed by atoms with E-state index in [1.54, 1.807) is 30.6 Å². The molecular weight excluding hydrogens is 372 g/mol. The molecule has 0 aliphatic carbocycles. The number of hydrogen-bond donors (Lipinski definition) is 2. The lowest BCUT2D eigenvalue weighted by Crippen LogP contribution is -1.87. The van der Waals surface area contributed by atoms with Crippen molar-refractivity contribution in [3.8, 4) is 22.6 Å². The molecule has 0 aliphatic rings. The summed E-state index contributed by atoms with van der Waals surface area (Å²) in [7, 11) is 0. The quantitative estimate of drug-likeness (QED) is 0.393. The predicted molar refractivity (Wildman–Crippen MR) is 123 cm³/mol. The Labute approximate surface area is 175 Å². The van der Waals surface area contributed by atoms with Gasteiger partial charge in [0.05, 0.1) is 11.4 Å². The highest BCUT2D eigenvalue weighted by Crippen LogP contribution is 2.33. The Bertz CT molecular complexity index is 1210. The maximum Gasteiger partial charge on any atom is 0.132 e. The van der Waals surface area contributed by atoms with Crippen molar-refractivity contribution >= 4 is 23.8 Å². The van der Waals surface area contributed by atoms with Gasteiger partial charge in [0, 0.05) is 29.1 Å². The molecule has 0 saturated carbocycles. The molecule has 0 fully saturated rings. The fraction of sp³-hybridized carbons (Fsp3) is 0. The van der Waals surface area contributed by atoms with Crippen molar-refractivity contribution in [1.29, 1.82) is 0 Å².